The molecule has 0 bridgehead atoms. The maximum atomic E-state index is 12.8. The van der Waals surface area contributed by atoms with Gasteiger partial charge in [-0.2, -0.15) is 0 Å². The number of non-ortho nitro benzene ring substituents is 1. The molecular formula is C25H30N4O5. The zero-order chi connectivity index (χ0) is 24.1. The van der Waals surface area contributed by atoms with Crippen molar-refractivity contribution in [1.82, 2.24) is 0 Å². The first-order valence-corrected chi connectivity index (χ1v) is 11.8. The molecule has 2 aliphatic rings. The first-order chi connectivity index (χ1) is 16.4. The van der Waals surface area contributed by atoms with E-state index in [1.807, 2.05) is 30.0 Å². The Bertz CT molecular complexity index is 1070. The van der Waals surface area contributed by atoms with Gasteiger partial charge < -0.3 is 19.9 Å². The van der Waals surface area contributed by atoms with Crippen LogP contribution in [0.5, 0.6) is 0 Å². The van der Waals surface area contributed by atoms with Crippen LogP contribution in [0.25, 0.3) is 0 Å². The first-order valence-electron chi connectivity index (χ1n) is 11.8. The predicted octanol–water partition coefficient (Wildman–Crippen LogP) is 4.29. The summed E-state index contributed by atoms with van der Waals surface area (Å²) < 4.78 is 5.26. The highest BCUT2D eigenvalue weighted by Gasteiger charge is 2.23. The lowest BCUT2D eigenvalue weighted by molar-refractivity contribution is -0.384. The number of carbonyl (C=O) groups excluding carboxylic acids is 2. The van der Waals surface area contributed by atoms with Gasteiger partial charge in [0.1, 0.15) is 0 Å². The van der Waals surface area contributed by atoms with Crippen molar-refractivity contribution in [3.8, 4) is 0 Å². The van der Waals surface area contributed by atoms with E-state index in [2.05, 4.69) is 10.2 Å². The number of hydrogen-bond acceptors (Lipinski definition) is 7. The highest BCUT2D eigenvalue weighted by molar-refractivity contribution is 5.99. The number of aryl methyl sites for hydroxylation is 1. The van der Waals surface area contributed by atoms with Gasteiger partial charge in [0.05, 0.1) is 16.2 Å². The van der Waals surface area contributed by atoms with Gasteiger partial charge in [-0.25, -0.2) is 4.79 Å². The Morgan fingerprint density at radius 3 is 2.32 bits per heavy atom. The third kappa shape index (κ3) is 5.47. The minimum absolute atomic E-state index is 0.107. The molecule has 0 radical (unpaired) electrons. The average Bonchev–Trinajstić information content (AvgIpc) is 3.39. The van der Waals surface area contributed by atoms with E-state index < -0.39 is 23.4 Å². The Labute approximate surface area is 198 Å². The zero-order valence-corrected chi connectivity index (χ0v) is 19.4. The predicted molar refractivity (Wildman–Crippen MR) is 131 cm³/mol. The van der Waals surface area contributed by atoms with Gasteiger partial charge in [0.2, 0.25) is 0 Å². The van der Waals surface area contributed by atoms with Gasteiger partial charge in [0, 0.05) is 49.7 Å². The fraction of sp³-hybridized carbons (Fsp3) is 0.440. The molecule has 0 aliphatic carbocycles. The summed E-state index contributed by atoms with van der Waals surface area (Å²) in [5, 5.41) is 14.0. The van der Waals surface area contributed by atoms with Gasteiger partial charge in [-0.05, 0) is 68.9 Å². The number of nitrogens with zero attached hydrogens (tertiary/aromatic N) is 3. The molecule has 34 heavy (non-hydrogen) atoms. The lowest BCUT2D eigenvalue weighted by Gasteiger charge is -2.30. The van der Waals surface area contributed by atoms with Crippen LogP contribution in [0.3, 0.4) is 0 Å². The van der Waals surface area contributed by atoms with Crippen LogP contribution in [0.15, 0.2) is 36.4 Å². The zero-order valence-electron chi connectivity index (χ0n) is 19.4. The molecule has 4 rings (SSSR count). The van der Waals surface area contributed by atoms with Crippen molar-refractivity contribution >= 4 is 34.6 Å². The Kier molecular flexibility index (Phi) is 7.30. The Hall–Kier alpha value is -3.62. The summed E-state index contributed by atoms with van der Waals surface area (Å²) in [5.74, 6) is -1.21. The van der Waals surface area contributed by atoms with Crippen molar-refractivity contribution in [2.24, 2.45) is 0 Å². The summed E-state index contributed by atoms with van der Waals surface area (Å²) in [5.41, 5.74) is 3.24. The first kappa shape index (κ1) is 23.5. The van der Waals surface area contributed by atoms with E-state index in [1.54, 1.807) is 6.07 Å². The number of benzene rings is 2. The molecule has 180 valence electrons. The van der Waals surface area contributed by atoms with Crippen molar-refractivity contribution in [3.05, 3.63) is 57.6 Å². The van der Waals surface area contributed by atoms with Gasteiger partial charge in [0.25, 0.3) is 11.6 Å². The van der Waals surface area contributed by atoms with Crippen LogP contribution >= 0.6 is 0 Å². The number of nitro groups is 1. The molecule has 0 saturated carbocycles. The number of hydrogen-bond donors (Lipinski definition) is 1. The topological polar surface area (TPSA) is 105 Å². The second kappa shape index (κ2) is 10.5. The van der Waals surface area contributed by atoms with Crippen LogP contribution < -0.4 is 15.1 Å². The largest absolute Gasteiger partial charge is 0.452 e. The highest BCUT2D eigenvalue weighted by Crippen LogP contribution is 2.29. The smallest absolute Gasteiger partial charge is 0.341 e. The second-order valence-electron chi connectivity index (χ2n) is 8.82. The molecule has 0 spiro atoms. The monoisotopic (exact) mass is 466 g/mol. The fourth-order valence-electron chi connectivity index (χ4n) is 4.57. The molecular weight excluding hydrogens is 436 g/mol. The number of rotatable bonds is 7. The van der Waals surface area contributed by atoms with Gasteiger partial charge in [-0.1, -0.05) is 0 Å². The number of amides is 1. The minimum atomic E-state index is -0.750. The normalized spacial score (nSPS) is 15.8. The molecule has 1 N–H and O–H groups in total. The Morgan fingerprint density at radius 2 is 1.65 bits per heavy atom. The van der Waals surface area contributed by atoms with Crippen molar-refractivity contribution in [1.29, 1.82) is 0 Å². The van der Waals surface area contributed by atoms with Gasteiger partial charge in [-0.15, -0.1) is 0 Å². The van der Waals surface area contributed by atoms with Crippen molar-refractivity contribution in [2.75, 3.05) is 47.9 Å². The maximum absolute atomic E-state index is 12.8. The molecule has 2 aliphatic heterocycles. The number of carbonyl (C=O) groups is 2. The third-order valence-corrected chi connectivity index (χ3v) is 6.40. The number of ether oxygens (including phenoxy) is 1. The lowest BCUT2D eigenvalue weighted by atomic mass is 10.1. The third-order valence-electron chi connectivity index (χ3n) is 6.40. The fourth-order valence-corrected chi connectivity index (χ4v) is 4.57. The maximum Gasteiger partial charge on any atom is 0.341 e. The van der Waals surface area contributed by atoms with Crippen LogP contribution in [0.2, 0.25) is 0 Å². The molecule has 2 saturated heterocycles. The van der Waals surface area contributed by atoms with Gasteiger partial charge >= 0.3 is 5.97 Å². The molecule has 0 aromatic heterocycles. The Morgan fingerprint density at radius 1 is 0.971 bits per heavy atom. The molecule has 0 unspecified atom stereocenters. The standard InChI is InChI=1S/C25H30N4O5/c1-18-15-19(27-11-5-6-12-27)7-9-22(18)26-24(30)17-34-25(31)21-16-20(29(32)33)8-10-23(21)28-13-3-2-4-14-28/h7-10,15-16H,2-6,11-14,17H2,1H3,(H,26,30). The average molecular weight is 467 g/mol. The molecule has 2 aromatic rings. The second-order valence-corrected chi connectivity index (χ2v) is 8.82. The summed E-state index contributed by atoms with van der Waals surface area (Å²) in [6.07, 6.45) is 5.47. The molecule has 2 aromatic carbocycles. The van der Waals surface area contributed by atoms with E-state index >= 15 is 0 Å². The summed E-state index contributed by atoms with van der Waals surface area (Å²) >= 11 is 0. The van der Waals surface area contributed by atoms with Crippen molar-refractivity contribution in [2.45, 2.75) is 39.0 Å². The quantitative estimate of drug-likeness (QED) is 0.369. The number of nitrogens with one attached hydrogen (secondary N) is 1. The van der Waals surface area contributed by atoms with E-state index in [0.29, 0.717) is 11.4 Å². The Balaban J connectivity index is 1.41. The molecule has 1 amide bonds. The van der Waals surface area contributed by atoms with E-state index in [-0.39, 0.29) is 11.3 Å². The molecule has 9 nitrogen and oxygen atoms in total. The van der Waals surface area contributed by atoms with E-state index in [9.17, 15) is 19.7 Å². The SMILES string of the molecule is Cc1cc(N2CCCC2)ccc1NC(=O)COC(=O)c1cc([N+](=O)[O-])ccc1N1CCCCC1. The lowest BCUT2D eigenvalue weighted by Crippen LogP contribution is -2.31. The van der Waals surface area contributed by atoms with E-state index in [0.717, 1.165) is 56.7 Å². The number of piperidine rings is 1. The summed E-state index contributed by atoms with van der Waals surface area (Å²) in [7, 11) is 0. The van der Waals surface area contributed by atoms with Crippen molar-refractivity contribution < 1.29 is 19.2 Å². The highest BCUT2D eigenvalue weighted by atomic mass is 16.6. The summed E-state index contributed by atoms with van der Waals surface area (Å²) in [4.78, 5) is 40.4. The number of esters is 1. The van der Waals surface area contributed by atoms with Gasteiger partial charge in [-0.3, -0.25) is 14.9 Å². The van der Waals surface area contributed by atoms with Crippen LogP contribution in [0.1, 0.15) is 48.0 Å². The van der Waals surface area contributed by atoms with E-state index in [1.165, 1.54) is 25.0 Å². The summed E-state index contributed by atoms with van der Waals surface area (Å²) in [6.45, 7) is 5.07. The van der Waals surface area contributed by atoms with Crippen molar-refractivity contribution in [3.63, 3.8) is 0 Å². The van der Waals surface area contributed by atoms with Crippen LogP contribution in [0.4, 0.5) is 22.7 Å². The molecule has 2 heterocycles. The molecule has 2 fully saturated rings. The number of nitro benzene ring substituents is 1. The number of anilines is 3. The van der Waals surface area contributed by atoms with Crippen LogP contribution in [-0.4, -0.2) is 49.6 Å². The van der Waals surface area contributed by atoms with Crippen LogP contribution in [-0.2, 0) is 9.53 Å². The van der Waals surface area contributed by atoms with Gasteiger partial charge in [0.15, 0.2) is 6.61 Å². The van der Waals surface area contributed by atoms with Crippen LogP contribution in [0, 0.1) is 17.0 Å². The molecule has 9 heteroatoms. The molecule has 0 atom stereocenters. The van der Waals surface area contributed by atoms with E-state index in [4.69, 9.17) is 4.74 Å². The summed E-state index contributed by atoms with van der Waals surface area (Å²) in [6, 6.07) is 10.1. The minimum Gasteiger partial charge on any atom is -0.452 e.